The van der Waals surface area contributed by atoms with Crippen LogP contribution >= 0.6 is 0 Å². The molecule has 20 heteroatoms. The minimum atomic E-state index is -4.90. The molecule has 0 fully saturated rings. The topological polar surface area (TPSA) is 210 Å². The number of fused-ring (bicyclic) bond motifs is 4. The van der Waals surface area contributed by atoms with Crippen LogP contribution in [0.5, 0.6) is 23.0 Å². The van der Waals surface area contributed by atoms with Crippen molar-refractivity contribution in [2.24, 2.45) is 0 Å². The van der Waals surface area contributed by atoms with E-state index in [-0.39, 0.29) is 102 Å². The Hall–Kier alpha value is -4.37. The van der Waals surface area contributed by atoms with Gasteiger partial charge in [0, 0.05) is 36.6 Å². The number of amides is 2. The maximum absolute atomic E-state index is 13.9. The number of hydrogen-bond acceptors (Lipinski definition) is 14. The summed E-state index contributed by atoms with van der Waals surface area (Å²) in [5, 5.41) is 4.60. The molecular formula is C43H42N4Na2O12S2. The summed E-state index contributed by atoms with van der Waals surface area (Å²) in [6.45, 7) is 6.24. The third-order valence-electron chi connectivity index (χ3n) is 10.8. The quantitative estimate of drug-likeness (QED) is 0.0848. The Labute approximate surface area is 411 Å². The molecule has 0 aliphatic carbocycles. The van der Waals surface area contributed by atoms with Crippen LogP contribution in [0.2, 0.25) is 0 Å². The number of aryl methyl sites for hydroxylation is 2. The van der Waals surface area contributed by atoms with Gasteiger partial charge in [-0.15, -0.1) is 12.6 Å². The SMILES string of the molecule is COc1ccc(C2=CN3C(=O)c4cc(C)c(OCCCOc5cc6c(cc5OC)C(=O)N5C=C(c7ccc(C)cc7)C[C@H]5[CH-]N6)cc4NC(S(=O)(=O)[O-])[C@@H]3C2)cc1.O=S(=O)=O.[Na+].[Na+]. The molecule has 4 aliphatic rings. The molecule has 4 aromatic carbocycles. The number of rotatable bonds is 11. The van der Waals surface area contributed by atoms with Gasteiger partial charge in [0.1, 0.15) is 27.0 Å². The summed E-state index contributed by atoms with van der Waals surface area (Å²) in [6, 6.07) is 21.0. The largest absolute Gasteiger partial charge is 1.00 e. The van der Waals surface area contributed by atoms with Gasteiger partial charge in [0.05, 0.1) is 50.3 Å². The maximum Gasteiger partial charge on any atom is 1.00 e. The average molecular weight is 917 g/mol. The summed E-state index contributed by atoms with van der Waals surface area (Å²) in [6.07, 6.45) is 4.85. The molecule has 2 N–H and O–H groups in total. The molecule has 8 rings (SSSR count). The van der Waals surface area contributed by atoms with E-state index in [0.29, 0.717) is 52.7 Å². The Kier molecular flexibility index (Phi) is 16.6. The smallest absolute Gasteiger partial charge is 0.746 e. The van der Waals surface area contributed by atoms with Crippen LogP contribution in [0.25, 0.3) is 11.1 Å². The number of benzene rings is 4. The fraction of sp³-hybridized carbons (Fsp3) is 0.279. The molecule has 0 spiro atoms. The molecule has 1 unspecified atom stereocenters. The van der Waals surface area contributed by atoms with Crippen molar-refractivity contribution < 1.29 is 113 Å². The number of methoxy groups -OCH3 is 2. The fourth-order valence-electron chi connectivity index (χ4n) is 7.72. The number of carbonyl (C=O) groups excluding carboxylic acids is 2. The van der Waals surface area contributed by atoms with Gasteiger partial charge in [-0.3, -0.25) is 9.59 Å². The molecule has 2 amide bonds. The molecule has 0 saturated carbocycles. The van der Waals surface area contributed by atoms with Gasteiger partial charge < -0.3 is 43.9 Å². The number of hydrogen-bond donors (Lipinski definition) is 2. The molecule has 63 heavy (non-hydrogen) atoms. The predicted molar refractivity (Wildman–Crippen MR) is 224 cm³/mol. The van der Waals surface area contributed by atoms with Crippen molar-refractivity contribution >= 4 is 55.1 Å². The van der Waals surface area contributed by atoms with E-state index in [4.69, 9.17) is 31.6 Å². The maximum atomic E-state index is 13.9. The van der Waals surface area contributed by atoms with E-state index in [2.05, 4.69) is 34.9 Å². The molecule has 0 saturated heterocycles. The number of nitrogens with one attached hydrogen (secondary N) is 2. The Bertz CT molecular complexity index is 2660. The molecule has 3 atom stereocenters. The Balaban J connectivity index is 0.00000120. The zero-order chi connectivity index (χ0) is 43.6. The third-order valence-corrected chi connectivity index (χ3v) is 11.8. The van der Waals surface area contributed by atoms with Crippen molar-refractivity contribution in [3.05, 3.63) is 125 Å². The van der Waals surface area contributed by atoms with Crippen LogP contribution in [0.1, 0.15) is 62.2 Å². The number of nitrogens with zero attached hydrogens (tertiary/aromatic N) is 2. The van der Waals surface area contributed by atoms with Crippen molar-refractivity contribution in [1.82, 2.24) is 9.80 Å². The molecule has 4 aliphatic heterocycles. The third kappa shape index (κ3) is 11.1. The molecule has 0 bridgehead atoms. The van der Waals surface area contributed by atoms with Crippen LogP contribution in [0, 0.1) is 20.4 Å². The van der Waals surface area contributed by atoms with E-state index >= 15 is 0 Å². The Morgan fingerprint density at radius 3 is 1.92 bits per heavy atom. The van der Waals surface area contributed by atoms with Crippen LogP contribution in [0.4, 0.5) is 11.4 Å². The summed E-state index contributed by atoms with van der Waals surface area (Å²) < 4.78 is 86.3. The van der Waals surface area contributed by atoms with Crippen molar-refractivity contribution in [3.63, 3.8) is 0 Å². The molecule has 4 heterocycles. The number of carbonyl (C=O) groups is 2. The van der Waals surface area contributed by atoms with E-state index < -0.39 is 38.0 Å². The average Bonchev–Trinajstić information content (AvgIpc) is 3.81. The molecule has 0 aromatic heterocycles. The predicted octanol–water partition coefficient (Wildman–Crippen LogP) is -0.432. The van der Waals surface area contributed by atoms with Crippen molar-refractivity contribution in [3.8, 4) is 23.0 Å². The molecule has 4 aromatic rings. The van der Waals surface area contributed by atoms with Crippen molar-refractivity contribution in [1.29, 1.82) is 0 Å². The Morgan fingerprint density at radius 2 is 1.30 bits per heavy atom. The second-order valence-corrected chi connectivity index (χ2v) is 16.6. The van der Waals surface area contributed by atoms with Crippen LogP contribution in [0.3, 0.4) is 0 Å². The zero-order valence-corrected chi connectivity index (χ0v) is 41.2. The number of ether oxygens (including phenoxy) is 4. The molecular weight excluding hydrogens is 875 g/mol. The molecule has 16 nitrogen and oxygen atoms in total. The monoisotopic (exact) mass is 916 g/mol. The second kappa shape index (κ2) is 21.1. The summed E-state index contributed by atoms with van der Waals surface area (Å²) in [5.74, 6) is 1.39. The van der Waals surface area contributed by atoms with E-state index in [1.807, 2.05) is 31.8 Å². The summed E-state index contributed by atoms with van der Waals surface area (Å²) in [7, 11) is -4.93. The van der Waals surface area contributed by atoms with Gasteiger partial charge in [-0.1, -0.05) is 48.0 Å². The zero-order valence-electron chi connectivity index (χ0n) is 35.5. The summed E-state index contributed by atoms with van der Waals surface area (Å²) in [4.78, 5) is 30.7. The van der Waals surface area contributed by atoms with Crippen LogP contribution < -0.4 is 88.7 Å². The van der Waals surface area contributed by atoms with Gasteiger partial charge >= 0.3 is 69.7 Å². The van der Waals surface area contributed by atoms with Crippen LogP contribution in [0.15, 0.2) is 85.2 Å². The van der Waals surface area contributed by atoms with E-state index in [9.17, 15) is 22.6 Å². The van der Waals surface area contributed by atoms with Crippen LogP contribution in [-0.4, -0.2) is 92.1 Å². The molecule has 0 radical (unpaired) electrons. The summed E-state index contributed by atoms with van der Waals surface area (Å²) in [5.41, 5.74) is 7.04. The standard InChI is InChI=1S/C43H43N4O9S.2Na.O3S/c1-25-6-8-27(9-7-25)29-17-31-22-44-35-20-40(39(54-4)19-34(35)42(48)46(31)23-29)56-15-5-14-55-38-21-36-33(16-26(38)2)43(49)47-24-30(28-10-12-32(53-3)13-11-28)18-37(47)41(45-36)57(50,51)52;;;1-4(2)3/h6-13,16,19-24,31,37,41,44-45H,5,14-15,17-18H2,1-4H3,(H,50,51,52);;;/q-1;2*+1;/p-1/t31-,37-,41?;;;/m0.../s1. The first-order chi connectivity index (χ1) is 29.1. The fourth-order valence-corrected chi connectivity index (χ4v) is 8.60. The van der Waals surface area contributed by atoms with Crippen molar-refractivity contribution in [2.75, 3.05) is 38.1 Å². The van der Waals surface area contributed by atoms with Crippen LogP contribution in [-0.2, 0) is 20.7 Å². The van der Waals surface area contributed by atoms with E-state index in [0.717, 1.165) is 22.3 Å². The number of anilines is 2. The van der Waals surface area contributed by atoms with Gasteiger partial charge in [0.15, 0.2) is 11.5 Å². The van der Waals surface area contributed by atoms with Crippen molar-refractivity contribution in [2.45, 2.75) is 50.6 Å². The first kappa shape index (κ1) is 49.6. The minimum Gasteiger partial charge on any atom is -0.746 e. The van der Waals surface area contributed by atoms with Gasteiger partial charge in [-0.25, -0.2) is 15.0 Å². The van der Waals surface area contributed by atoms with Gasteiger partial charge in [0.25, 0.3) is 11.8 Å². The van der Waals surface area contributed by atoms with Gasteiger partial charge in [-0.2, -0.15) is 0 Å². The second-order valence-electron chi connectivity index (χ2n) is 14.7. The van der Waals surface area contributed by atoms with Gasteiger partial charge in [0.2, 0.25) is 0 Å². The Morgan fingerprint density at radius 1 is 0.746 bits per heavy atom. The normalized spacial score (nSPS) is 18.3. The minimum absolute atomic E-state index is 0. The van der Waals surface area contributed by atoms with E-state index in [1.165, 1.54) is 17.6 Å². The first-order valence-electron chi connectivity index (χ1n) is 19.1. The molecule has 320 valence electrons. The van der Waals surface area contributed by atoms with Gasteiger partial charge in [-0.05, 0) is 78.8 Å². The van der Waals surface area contributed by atoms with E-state index in [1.54, 1.807) is 61.5 Å². The summed E-state index contributed by atoms with van der Waals surface area (Å²) >= 11 is 0. The first-order valence-corrected chi connectivity index (χ1v) is 21.6.